The van der Waals surface area contributed by atoms with Crippen molar-refractivity contribution in [2.45, 2.75) is 140 Å². The molecular weight excluding hydrogens is 408 g/mol. The second-order valence-electron chi connectivity index (χ2n) is 9.25. The van der Waals surface area contributed by atoms with Gasteiger partial charge in [0, 0.05) is 31.9 Å². The molecule has 0 amide bonds. The Kier molecular flexibility index (Phi) is 21.1. The van der Waals surface area contributed by atoms with Crippen LogP contribution in [0.5, 0.6) is 0 Å². The number of rotatable bonds is 23. The Morgan fingerprint density at radius 2 is 0.967 bits per heavy atom. The van der Waals surface area contributed by atoms with Gasteiger partial charge in [0.1, 0.15) is 0 Å². The SMILES string of the molecule is C[SiH2]C(CCCCCCCCCCCCCCC(=O)O)CCCC(CC(=O)O)[SiH2]C. The second-order valence-corrected chi connectivity index (χ2v) is 13.2. The van der Waals surface area contributed by atoms with E-state index in [0.29, 0.717) is 18.4 Å². The van der Waals surface area contributed by atoms with Crippen molar-refractivity contribution in [3.63, 3.8) is 0 Å². The van der Waals surface area contributed by atoms with Crippen LogP contribution in [-0.4, -0.2) is 41.2 Å². The van der Waals surface area contributed by atoms with Crippen LogP contribution in [0.3, 0.4) is 0 Å². The summed E-state index contributed by atoms with van der Waals surface area (Å²) in [4.78, 5) is 21.3. The fourth-order valence-corrected chi connectivity index (χ4v) is 7.05. The van der Waals surface area contributed by atoms with Crippen LogP contribution in [0.4, 0.5) is 0 Å². The third kappa shape index (κ3) is 20.6. The lowest BCUT2D eigenvalue weighted by Crippen LogP contribution is -2.08. The highest BCUT2D eigenvalue weighted by molar-refractivity contribution is 6.36. The summed E-state index contributed by atoms with van der Waals surface area (Å²) < 4.78 is 0. The van der Waals surface area contributed by atoms with Crippen LogP contribution in [-0.2, 0) is 9.59 Å². The standard InChI is InChI=1S/C24H50O4Si2/c1-29-21(17-15-18-22(30-2)20-24(27)28)16-13-11-9-7-5-3-4-6-8-10-12-14-19-23(25)26/h21-22H,3-20,29-30H2,1-2H3,(H,25,26)(H,27,28). The van der Waals surface area contributed by atoms with Gasteiger partial charge in [0.15, 0.2) is 0 Å². The third-order valence-electron chi connectivity index (χ3n) is 6.60. The lowest BCUT2D eigenvalue weighted by molar-refractivity contribution is -0.138. The molecule has 2 unspecified atom stereocenters. The summed E-state index contributed by atoms with van der Waals surface area (Å²) in [5.41, 5.74) is 1.49. The van der Waals surface area contributed by atoms with Crippen molar-refractivity contribution in [2.24, 2.45) is 0 Å². The molecule has 0 rings (SSSR count). The molecule has 30 heavy (non-hydrogen) atoms. The maximum Gasteiger partial charge on any atom is 0.303 e. The average Bonchev–Trinajstić information content (AvgIpc) is 2.71. The predicted octanol–water partition coefficient (Wildman–Crippen LogP) is 6.19. The topological polar surface area (TPSA) is 74.6 Å². The normalized spacial score (nSPS) is 14.1. The minimum atomic E-state index is -0.665. The molecule has 0 bridgehead atoms. The first-order chi connectivity index (χ1) is 14.5. The molecule has 0 aromatic carbocycles. The van der Waals surface area contributed by atoms with Gasteiger partial charge in [-0.3, -0.25) is 9.59 Å². The molecule has 178 valence electrons. The zero-order chi connectivity index (χ0) is 22.5. The van der Waals surface area contributed by atoms with Gasteiger partial charge in [-0.15, -0.1) is 0 Å². The number of hydrogen-bond donors (Lipinski definition) is 2. The Balaban J connectivity index is 3.44. The maximum absolute atomic E-state index is 10.9. The molecule has 0 aliphatic carbocycles. The fraction of sp³-hybridized carbons (Fsp3) is 0.917. The van der Waals surface area contributed by atoms with Crippen LogP contribution in [0.25, 0.3) is 0 Å². The van der Waals surface area contributed by atoms with Gasteiger partial charge in [0.25, 0.3) is 0 Å². The molecule has 0 radical (unpaired) electrons. The molecule has 0 saturated carbocycles. The molecule has 0 aromatic rings. The molecule has 6 heteroatoms. The van der Waals surface area contributed by atoms with Gasteiger partial charge in [-0.25, -0.2) is 0 Å². The summed E-state index contributed by atoms with van der Waals surface area (Å²) in [6.07, 6.45) is 21.2. The van der Waals surface area contributed by atoms with E-state index in [1.165, 1.54) is 83.5 Å². The third-order valence-corrected chi connectivity index (χ3v) is 10.4. The van der Waals surface area contributed by atoms with Gasteiger partial charge >= 0.3 is 11.9 Å². The molecule has 0 aliphatic heterocycles. The first-order valence-corrected chi connectivity index (χ1v) is 17.4. The molecule has 0 aromatic heterocycles. The molecule has 4 nitrogen and oxygen atoms in total. The maximum atomic E-state index is 10.9. The molecule has 0 spiro atoms. The Bertz CT molecular complexity index is 418. The van der Waals surface area contributed by atoms with Crippen LogP contribution >= 0.6 is 0 Å². The lowest BCUT2D eigenvalue weighted by atomic mass is 10.0. The number of unbranched alkanes of at least 4 members (excludes halogenated alkanes) is 11. The van der Waals surface area contributed by atoms with Crippen molar-refractivity contribution in [2.75, 3.05) is 0 Å². The van der Waals surface area contributed by atoms with E-state index in [2.05, 4.69) is 13.1 Å². The fourth-order valence-electron chi connectivity index (χ4n) is 4.42. The molecular formula is C24H50O4Si2. The highest BCUT2D eigenvalue weighted by atomic mass is 28.2. The first-order valence-electron chi connectivity index (χ1n) is 12.9. The largest absolute Gasteiger partial charge is 0.481 e. The second kappa shape index (κ2) is 21.6. The van der Waals surface area contributed by atoms with E-state index < -0.39 is 11.9 Å². The number of aliphatic carboxylic acids is 2. The first kappa shape index (κ1) is 29.4. The molecule has 0 aliphatic rings. The highest BCUT2D eigenvalue weighted by Crippen LogP contribution is 2.26. The molecule has 0 heterocycles. The summed E-state index contributed by atoms with van der Waals surface area (Å²) in [7, 11) is -0.142. The van der Waals surface area contributed by atoms with Crippen molar-refractivity contribution in [1.82, 2.24) is 0 Å². The van der Waals surface area contributed by atoms with Crippen LogP contribution in [0.1, 0.15) is 116 Å². The van der Waals surface area contributed by atoms with Crippen LogP contribution in [0.2, 0.25) is 24.2 Å². The van der Waals surface area contributed by atoms with Crippen molar-refractivity contribution in [3.8, 4) is 0 Å². The molecule has 0 fully saturated rings. The summed E-state index contributed by atoms with van der Waals surface area (Å²) >= 11 is 0. The number of carboxylic acids is 2. The number of carboxylic acid groups (broad SMARTS) is 2. The van der Waals surface area contributed by atoms with E-state index in [9.17, 15) is 9.59 Å². The van der Waals surface area contributed by atoms with Crippen LogP contribution in [0.15, 0.2) is 0 Å². The van der Waals surface area contributed by atoms with Gasteiger partial charge in [-0.05, 0) is 12.0 Å². The minimum Gasteiger partial charge on any atom is -0.481 e. The van der Waals surface area contributed by atoms with Gasteiger partial charge in [-0.1, -0.05) is 115 Å². The molecule has 2 atom stereocenters. The van der Waals surface area contributed by atoms with Crippen molar-refractivity contribution < 1.29 is 19.8 Å². The van der Waals surface area contributed by atoms with E-state index in [4.69, 9.17) is 10.2 Å². The Hall–Kier alpha value is -0.626. The number of hydrogen-bond acceptors (Lipinski definition) is 2. The number of carbonyl (C=O) groups is 2. The van der Waals surface area contributed by atoms with Gasteiger partial charge < -0.3 is 10.2 Å². The van der Waals surface area contributed by atoms with Crippen LogP contribution in [0, 0.1) is 0 Å². The molecule has 0 saturated heterocycles. The van der Waals surface area contributed by atoms with Gasteiger partial charge in [0.2, 0.25) is 0 Å². The quantitative estimate of drug-likeness (QED) is 0.141. The Morgan fingerprint density at radius 3 is 1.40 bits per heavy atom. The zero-order valence-electron chi connectivity index (χ0n) is 20.0. The highest BCUT2D eigenvalue weighted by Gasteiger charge is 2.13. The Labute approximate surface area is 190 Å². The van der Waals surface area contributed by atoms with Crippen molar-refractivity contribution in [1.29, 1.82) is 0 Å². The van der Waals surface area contributed by atoms with Gasteiger partial charge in [-0.2, -0.15) is 0 Å². The van der Waals surface area contributed by atoms with E-state index in [1.54, 1.807) is 0 Å². The summed E-state index contributed by atoms with van der Waals surface area (Å²) in [5, 5.41) is 17.6. The van der Waals surface area contributed by atoms with E-state index in [1.807, 2.05) is 0 Å². The smallest absolute Gasteiger partial charge is 0.303 e. The van der Waals surface area contributed by atoms with Crippen molar-refractivity contribution >= 4 is 31.0 Å². The molecule has 2 N–H and O–H groups in total. The monoisotopic (exact) mass is 458 g/mol. The summed E-state index contributed by atoms with van der Waals surface area (Å²) in [6.45, 7) is 4.70. The van der Waals surface area contributed by atoms with Crippen molar-refractivity contribution in [3.05, 3.63) is 0 Å². The van der Waals surface area contributed by atoms with E-state index in [-0.39, 0.29) is 19.0 Å². The predicted molar refractivity (Wildman–Crippen MR) is 135 cm³/mol. The average molecular weight is 459 g/mol. The van der Waals surface area contributed by atoms with E-state index in [0.717, 1.165) is 24.8 Å². The zero-order valence-corrected chi connectivity index (χ0v) is 22.8. The van der Waals surface area contributed by atoms with E-state index >= 15 is 0 Å². The lowest BCUT2D eigenvalue weighted by Gasteiger charge is -2.17. The van der Waals surface area contributed by atoms with Gasteiger partial charge in [0.05, 0.1) is 0 Å². The Morgan fingerprint density at radius 1 is 0.567 bits per heavy atom. The minimum absolute atomic E-state index is 0.0550. The van der Waals surface area contributed by atoms with Crippen LogP contribution < -0.4 is 0 Å². The summed E-state index contributed by atoms with van der Waals surface area (Å²) in [5.74, 6) is -1.27. The summed E-state index contributed by atoms with van der Waals surface area (Å²) in [6, 6.07) is 0.